The van der Waals surface area contributed by atoms with Crippen molar-refractivity contribution in [1.29, 1.82) is 0 Å². The largest absolute Gasteiger partial charge is 0.491 e. The summed E-state index contributed by atoms with van der Waals surface area (Å²) in [7, 11) is 1.45. The molecule has 0 aliphatic rings. The fraction of sp³-hybridized carbons (Fsp3) is 0.312. The third-order valence-electron chi connectivity index (χ3n) is 3.44. The molecule has 0 aliphatic heterocycles. The van der Waals surface area contributed by atoms with Crippen LogP contribution in [0.25, 0.3) is 0 Å². The molecule has 2 aromatic rings. The van der Waals surface area contributed by atoms with Crippen molar-refractivity contribution in [3.05, 3.63) is 62.8 Å². The molecule has 6 heteroatoms. The van der Waals surface area contributed by atoms with Crippen molar-refractivity contribution < 1.29 is 9.13 Å². The maximum Gasteiger partial charge on any atom is 0.223 e. The van der Waals surface area contributed by atoms with E-state index in [1.165, 1.54) is 25.4 Å². The molecule has 0 fully saturated rings. The number of nitrogens with zero attached hydrogens (tertiary/aromatic N) is 1. The van der Waals surface area contributed by atoms with Gasteiger partial charge in [0.1, 0.15) is 5.82 Å². The molecule has 1 N–H and O–H groups in total. The van der Waals surface area contributed by atoms with E-state index in [1.807, 2.05) is 11.8 Å². The molecule has 4 nitrogen and oxygen atoms in total. The Kier molecular flexibility index (Phi) is 5.57. The Hall–Kier alpha value is -1.85. The zero-order chi connectivity index (χ0) is 16.1. The quantitative estimate of drug-likeness (QED) is 0.887. The highest BCUT2D eigenvalue weighted by Gasteiger charge is 2.12. The van der Waals surface area contributed by atoms with E-state index in [1.54, 1.807) is 12.1 Å². The first-order chi connectivity index (χ1) is 10.5. The predicted molar refractivity (Wildman–Crippen MR) is 84.8 cm³/mol. The number of hydrogen-bond acceptors (Lipinski definition) is 3. The number of halogens is 2. The van der Waals surface area contributed by atoms with Gasteiger partial charge in [-0.3, -0.25) is 9.69 Å². The lowest BCUT2D eigenvalue weighted by molar-refractivity contribution is 0.264. The summed E-state index contributed by atoms with van der Waals surface area (Å²) in [6.45, 7) is 3.52. The second kappa shape index (κ2) is 7.42. The van der Waals surface area contributed by atoms with Gasteiger partial charge >= 0.3 is 0 Å². The average molecular weight is 325 g/mol. The molecule has 0 spiro atoms. The summed E-state index contributed by atoms with van der Waals surface area (Å²) < 4.78 is 18.8. The predicted octanol–water partition coefficient (Wildman–Crippen LogP) is 3.20. The molecule has 0 atom stereocenters. The highest BCUT2D eigenvalue weighted by atomic mass is 35.5. The van der Waals surface area contributed by atoms with Crippen LogP contribution in [-0.4, -0.2) is 23.5 Å². The van der Waals surface area contributed by atoms with Gasteiger partial charge in [-0.2, -0.15) is 0 Å². The van der Waals surface area contributed by atoms with Gasteiger partial charge in [-0.15, -0.1) is 0 Å². The van der Waals surface area contributed by atoms with Crippen molar-refractivity contribution in [3.8, 4) is 5.75 Å². The van der Waals surface area contributed by atoms with Crippen molar-refractivity contribution >= 4 is 11.6 Å². The van der Waals surface area contributed by atoms with E-state index >= 15 is 0 Å². The van der Waals surface area contributed by atoms with Crippen LogP contribution in [0.4, 0.5) is 4.39 Å². The molecule has 0 unspecified atom stereocenters. The zero-order valence-corrected chi connectivity index (χ0v) is 13.3. The maximum atomic E-state index is 13.9. The monoisotopic (exact) mass is 324 g/mol. The molecule has 0 saturated heterocycles. The summed E-state index contributed by atoms with van der Waals surface area (Å²) in [5.41, 5.74) is 1.01. The van der Waals surface area contributed by atoms with Crippen LogP contribution in [0.2, 0.25) is 5.02 Å². The summed E-state index contributed by atoms with van der Waals surface area (Å²) in [4.78, 5) is 16.8. The molecule has 1 aromatic heterocycles. The fourth-order valence-corrected chi connectivity index (χ4v) is 2.40. The summed E-state index contributed by atoms with van der Waals surface area (Å²) >= 11 is 6.06. The van der Waals surface area contributed by atoms with E-state index in [0.717, 1.165) is 5.69 Å². The van der Waals surface area contributed by atoms with E-state index in [-0.39, 0.29) is 17.0 Å². The van der Waals surface area contributed by atoms with E-state index < -0.39 is 0 Å². The number of methoxy groups -OCH3 is 1. The summed E-state index contributed by atoms with van der Waals surface area (Å²) in [5, 5.41) is 0.404. The lowest BCUT2D eigenvalue weighted by Crippen LogP contribution is -2.24. The van der Waals surface area contributed by atoms with Crippen LogP contribution >= 0.6 is 11.6 Å². The minimum absolute atomic E-state index is 0.184. The smallest absolute Gasteiger partial charge is 0.223 e. The van der Waals surface area contributed by atoms with Gasteiger partial charge in [0.05, 0.1) is 7.11 Å². The Labute approximate surface area is 133 Å². The van der Waals surface area contributed by atoms with Crippen LogP contribution in [0.15, 0.2) is 35.3 Å². The number of benzene rings is 1. The van der Waals surface area contributed by atoms with Gasteiger partial charge in [0.25, 0.3) is 0 Å². The van der Waals surface area contributed by atoms with Crippen molar-refractivity contribution in [2.75, 3.05) is 13.7 Å². The molecule has 0 aliphatic carbocycles. The first-order valence-electron chi connectivity index (χ1n) is 6.96. The Morgan fingerprint density at radius 1 is 1.36 bits per heavy atom. The van der Waals surface area contributed by atoms with Gasteiger partial charge in [-0.05, 0) is 18.7 Å². The van der Waals surface area contributed by atoms with Crippen molar-refractivity contribution in [3.63, 3.8) is 0 Å². The highest BCUT2D eigenvalue weighted by Crippen LogP contribution is 2.21. The van der Waals surface area contributed by atoms with Crippen LogP contribution in [0.5, 0.6) is 5.75 Å². The van der Waals surface area contributed by atoms with Crippen LogP contribution in [-0.2, 0) is 13.1 Å². The molecule has 1 heterocycles. The first-order valence-corrected chi connectivity index (χ1v) is 7.33. The normalized spacial score (nSPS) is 11.0. The van der Waals surface area contributed by atoms with Gasteiger partial charge in [0.15, 0.2) is 5.75 Å². The van der Waals surface area contributed by atoms with Gasteiger partial charge < -0.3 is 9.72 Å². The van der Waals surface area contributed by atoms with Gasteiger partial charge in [0, 0.05) is 41.6 Å². The average Bonchev–Trinajstić information content (AvgIpc) is 2.50. The number of hydrogen-bond donors (Lipinski definition) is 1. The molecule has 2 rings (SSSR count). The second-order valence-electron chi connectivity index (χ2n) is 4.89. The molecule has 0 bridgehead atoms. The Morgan fingerprint density at radius 3 is 2.73 bits per heavy atom. The summed E-state index contributed by atoms with van der Waals surface area (Å²) in [6.07, 6.45) is 1.53. The van der Waals surface area contributed by atoms with E-state index in [0.29, 0.717) is 30.2 Å². The molecule has 22 heavy (non-hydrogen) atoms. The molecule has 0 amide bonds. The topological polar surface area (TPSA) is 45.3 Å². The van der Waals surface area contributed by atoms with E-state index in [2.05, 4.69) is 4.98 Å². The highest BCUT2D eigenvalue weighted by molar-refractivity contribution is 6.31. The minimum Gasteiger partial charge on any atom is -0.491 e. The van der Waals surface area contributed by atoms with Crippen molar-refractivity contribution in [2.24, 2.45) is 0 Å². The lowest BCUT2D eigenvalue weighted by atomic mass is 10.2. The van der Waals surface area contributed by atoms with Crippen LogP contribution < -0.4 is 10.2 Å². The van der Waals surface area contributed by atoms with E-state index in [9.17, 15) is 9.18 Å². The molecule has 1 aromatic carbocycles. The molecule has 0 radical (unpaired) electrons. The van der Waals surface area contributed by atoms with Gasteiger partial charge in [-0.25, -0.2) is 4.39 Å². The number of pyridine rings is 1. The maximum absolute atomic E-state index is 13.9. The number of aromatic nitrogens is 1. The molecular weight excluding hydrogens is 307 g/mol. The molecule has 0 saturated carbocycles. The molecular formula is C16H18ClFN2O2. The summed E-state index contributed by atoms with van der Waals surface area (Å²) in [5.74, 6) is -0.0573. The minimum atomic E-state index is -0.325. The zero-order valence-electron chi connectivity index (χ0n) is 12.5. The third-order valence-corrected chi connectivity index (χ3v) is 3.80. The fourth-order valence-electron chi connectivity index (χ4n) is 2.18. The second-order valence-corrected chi connectivity index (χ2v) is 5.30. The third kappa shape index (κ3) is 3.87. The standard InChI is InChI=1S/C16H18ClFN2O2/c1-3-20(10-12-13(17)5-4-6-14(12)18)9-11-7-15(21)16(22-2)8-19-11/h4-8H,3,9-10H2,1-2H3,(H,19,21). The first kappa shape index (κ1) is 16.5. The van der Waals surface area contributed by atoms with Crippen LogP contribution in [0.3, 0.4) is 0 Å². The number of nitrogens with one attached hydrogen (secondary N) is 1. The van der Waals surface area contributed by atoms with E-state index in [4.69, 9.17) is 16.3 Å². The van der Waals surface area contributed by atoms with Crippen LogP contribution in [0, 0.1) is 5.82 Å². The Morgan fingerprint density at radius 2 is 2.14 bits per heavy atom. The van der Waals surface area contributed by atoms with Gasteiger partial charge in [-0.1, -0.05) is 24.6 Å². The SMILES string of the molecule is CCN(Cc1cc(=O)c(OC)c[nH]1)Cc1c(F)cccc1Cl. The number of aromatic amines is 1. The summed E-state index contributed by atoms with van der Waals surface area (Å²) in [6, 6.07) is 6.14. The molecule has 118 valence electrons. The van der Waals surface area contributed by atoms with Crippen LogP contribution in [0.1, 0.15) is 18.2 Å². The number of ether oxygens (including phenoxy) is 1. The van der Waals surface area contributed by atoms with Gasteiger partial charge in [0.2, 0.25) is 5.43 Å². The number of rotatable bonds is 6. The Bertz CT molecular complexity index is 683. The number of H-pyrrole nitrogens is 1. The van der Waals surface area contributed by atoms with Crippen molar-refractivity contribution in [2.45, 2.75) is 20.0 Å². The Balaban J connectivity index is 2.16. The lowest BCUT2D eigenvalue weighted by Gasteiger charge is -2.21. The van der Waals surface area contributed by atoms with Crippen molar-refractivity contribution in [1.82, 2.24) is 9.88 Å².